The molecule has 1 aliphatic rings. The first-order valence-corrected chi connectivity index (χ1v) is 5.19. The third kappa shape index (κ3) is 1.36. The summed E-state index contributed by atoms with van der Waals surface area (Å²) in [5, 5.41) is 0. The van der Waals surface area contributed by atoms with Crippen LogP contribution in [0.15, 0.2) is 12.1 Å². The first kappa shape index (κ1) is 11.5. The summed E-state index contributed by atoms with van der Waals surface area (Å²) in [6.07, 6.45) is 0.693. The van der Waals surface area contributed by atoms with Crippen LogP contribution in [-0.4, -0.2) is 6.54 Å². The summed E-state index contributed by atoms with van der Waals surface area (Å²) in [5.41, 5.74) is 5.13. The maximum atomic E-state index is 13.6. The average molecular weight is 229 g/mol. The zero-order chi connectivity index (χ0) is 12.1. The summed E-state index contributed by atoms with van der Waals surface area (Å²) in [4.78, 5) is 0. The van der Waals surface area contributed by atoms with Crippen LogP contribution in [0.25, 0.3) is 0 Å². The minimum atomic E-state index is -1.16. The molecule has 88 valence electrons. The number of hydrogen-bond acceptors (Lipinski definition) is 1. The molecule has 1 aliphatic carbocycles. The Morgan fingerprint density at radius 1 is 1.12 bits per heavy atom. The zero-order valence-electron chi connectivity index (χ0n) is 9.28. The predicted octanol–water partition coefficient (Wildman–Crippen LogP) is 2.73. The molecule has 1 unspecified atom stereocenters. The molecule has 1 aromatic carbocycles. The van der Waals surface area contributed by atoms with Crippen LogP contribution in [0.5, 0.6) is 0 Å². The van der Waals surface area contributed by atoms with E-state index >= 15 is 0 Å². The van der Waals surface area contributed by atoms with Crippen molar-refractivity contribution in [3.05, 3.63) is 35.1 Å². The molecular formula is C12H14F3N. The molecule has 1 aromatic rings. The van der Waals surface area contributed by atoms with Crippen LogP contribution in [-0.2, 0) is 5.41 Å². The maximum Gasteiger partial charge on any atom is 0.161 e. The van der Waals surface area contributed by atoms with Gasteiger partial charge in [0.1, 0.15) is 5.82 Å². The highest BCUT2D eigenvalue weighted by Gasteiger charge is 2.62. The standard InChI is InChI=1S/C12H14F3N/c1-11(2)5-12(11,6-16)7-3-9(14)10(15)4-8(7)13/h3-4H,5-6,16H2,1-2H3. The molecule has 0 aromatic heterocycles. The fraction of sp³-hybridized carbons (Fsp3) is 0.500. The molecule has 0 aliphatic heterocycles. The van der Waals surface area contributed by atoms with Crippen LogP contribution >= 0.6 is 0 Å². The molecule has 16 heavy (non-hydrogen) atoms. The lowest BCUT2D eigenvalue weighted by Gasteiger charge is -2.19. The summed E-state index contributed by atoms with van der Waals surface area (Å²) in [7, 11) is 0. The lowest BCUT2D eigenvalue weighted by Crippen LogP contribution is -2.26. The van der Waals surface area contributed by atoms with Crippen LogP contribution in [0.1, 0.15) is 25.8 Å². The molecule has 1 nitrogen and oxygen atoms in total. The highest BCUT2D eigenvalue weighted by Crippen LogP contribution is 2.64. The van der Waals surface area contributed by atoms with E-state index in [1.54, 1.807) is 0 Å². The van der Waals surface area contributed by atoms with Crippen molar-refractivity contribution in [2.75, 3.05) is 6.54 Å². The lowest BCUT2D eigenvalue weighted by atomic mass is 9.87. The number of halogens is 3. The van der Waals surface area contributed by atoms with Crippen molar-refractivity contribution >= 4 is 0 Å². The molecule has 4 heteroatoms. The van der Waals surface area contributed by atoms with E-state index in [4.69, 9.17) is 5.73 Å². The van der Waals surface area contributed by atoms with Crippen LogP contribution < -0.4 is 5.73 Å². The number of rotatable bonds is 2. The van der Waals surface area contributed by atoms with Gasteiger partial charge in [0.15, 0.2) is 11.6 Å². The monoisotopic (exact) mass is 229 g/mol. The van der Waals surface area contributed by atoms with E-state index in [0.29, 0.717) is 12.5 Å². The van der Waals surface area contributed by atoms with E-state index in [2.05, 4.69) is 0 Å². The Hall–Kier alpha value is -1.03. The van der Waals surface area contributed by atoms with Gasteiger partial charge in [0.25, 0.3) is 0 Å². The highest BCUT2D eigenvalue weighted by atomic mass is 19.2. The van der Waals surface area contributed by atoms with E-state index in [1.807, 2.05) is 13.8 Å². The van der Waals surface area contributed by atoms with E-state index in [9.17, 15) is 13.2 Å². The van der Waals surface area contributed by atoms with E-state index in [-0.39, 0.29) is 17.5 Å². The minimum Gasteiger partial charge on any atom is -0.330 e. The number of nitrogens with two attached hydrogens (primary N) is 1. The van der Waals surface area contributed by atoms with Gasteiger partial charge in [-0.15, -0.1) is 0 Å². The van der Waals surface area contributed by atoms with Crippen LogP contribution in [0, 0.1) is 22.9 Å². The Morgan fingerprint density at radius 2 is 1.62 bits per heavy atom. The van der Waals surface area contributed by atoms with Crippen LogP contribution in [0.4, 0.5) is 13.2 Å². The third-order valence-corrected chi connectivity index (χ3v) is 3.79. The third-order valence-electron chi connectivity index (χ3n) is 3.79. The van der Waals surface area contributed by atoms with Gasteiger partial charge in [-0.3, -0.25) is 0 Å². The molecular weight excluding hydrogens is 215 g/mol. The van der Waals surface area contributed by atoms with Crippen molar-refractivity contribution in [3.63, 3.8) is 0 Å². The van der Waals surface area contributed by atoms with Gasteiger partial charge in [0, 0.05) is 18.0 Å². The molecule has 0 amide bonds. The molecule has 0 heterocycles. The zero-order valence-corrected chi connectivity index (χ0v) is 9.28. The van der Waals surface area contributed by atoms with E-state index in [0.717, 1.165) is 6.07 Å². The van der Waals surface area contributed by atoms with Crippen molar-refractivity contribution in [1.82, 2.24) is 0 Å². The second kappa shape index (κ2) is 3.23. The second-order valence-corrected chi connectivity index (χ2v) is 5.09. The Kier molecular flexibility index (Phi) is 2.31. The van der Waals surface area contributed by atoms with Crippen molar-refractivity contribution in [2.45, 2.75) is 25.7 Å². The van der Waals surface area contributed by atoms with E-state index < -0.39 is 22.9 Å². The minimum absolute atomic E-state index is 0.160. The number of benzene rings is 1. The molecule has 2 N–H and O–H groups in total. The summed E-state index contributed by atoms with van der Waals surface area (Å²) in [6, 6.07) is 1.53. The Bertz CT molecular complexity index is 442. The van der Waals surface area contributed by atoms with Crippen molar-refractivity contribution < 1.29 is 13.2 Å². The first-order chi connectivity index (χ1) is 7.34. The van der Waals surface area contributed by atoms with Crippen molar-refractivity contribution in [2.24, 2.45) is 11.1 Å². The molecule has 0 radical (unpaired) electrons. The second-order valence-electron chi connectivity index (χ2n) is 5.09. The summed E-state index contributed by atoms with van der Waals surface area (Å²) in [5.74, 6) is -2.89. The molecule has 1 saturated carbocycles. The van der Waals surface area contributed by atoms with Crippen LogP contribution in [0.2, 0.25) is 0 Å². The number of hydrogen-bond donors (Lipinski definition) is 1. The van der Waals surface area contributed by atoms with Gasteiger partial charge in [0.05, 0.1) is 0 Å². The molecule has 0 spiro atoms. The van der Waals surface area contributed by atoms with Gasteiger partial charge in [-0.1, -0.05) is 13.8 Å². The largest absolute Gasteiger partial charge is 0.330 e. The maximum absolute atomic E-state index is 13.6. The summed E-state index contributed by atoms with van der Waals surface area (Å²) < 4.78 is 39.6. The van der Waals surface area contributed by atoms with Gasteiger partial charge in [-0.25, -0.2) is 13.2 Å². The Labute approximate surface area is 92.5 Å². The molecule has 0 saturated heterocycles. The van der Waals surface area contributed by atoms with Crippen molar-refractivity contribution in [1.29, 1.82) is 0 Å². The SMILES string of the molecule is CC1(C)CC1(CN)c1cc(F)c(F)cc1F. The fourth-order valence-corrected chi connectivity index (χ4v) is 2.52. The van der Waals surface area contributed by atoms with Gasteiger partial charge in [-0.2, -0.15) is 0 Å². The summed E-state index contributed by atoms with van der Waals surface area (Å²) >= 11 is 0. The first-order valence-electron chi connectivity index (χ1n) is 5.19. The molecule has 1 fully saturated rings. The van der Waals surface area contributed by atoms with Gasteiger partial charge in [0.2, 0.25) is 0 Å². The molecule has 2 rings (SSSR count). The lowest BCUT2D eigenvalue weighted by molar-refractivity contribution is 0.453. The fourth-order valence-electron chi connectivity index (χ4n) is 2.52. The molecule has 1 atom stereocenters. The Morgan fingerprint density at radius 3 is 2.06 bits per heavy atom. The normalized spacial score (nSPS) is 26.9. The average Bonchev–Trinajstić information content (AvgIpc) is 2.76. The van der Waals surface area contributed by atoms with E-state index in [1.165, 1.54) is 0 Å². The van der Waals surface area contributed by atoms with Gasteiger partial charge >= 0.3 is 0 Å². The Balaban J connectivity index is 2.53. The topological polar surface area (TPSA) is 26.0 Å². The predicted molar refractivity (Wildman–Crippen MR) is 55.4 cm³/mol. The van der Waals surface area contributed by atoms with Gasteiger partial charge in [-0.05, 0) is 23.5 Å². The molecule has 0 bridgehead atoms. The highest BCUT2D eigenvalue weighted by molar-refractivity contribution is 5.39. The summed E-state index contributed by atoms with van der Waals surface area (Å²) in [6.45, 7) is 4.13. The quantitative estimate of drug-likeness (QED) is 0.775. The van der Waals surface area contributed by atoms with Crippen LogP contribution in [0.3, 0.4) is 0 Å². The smallest absolute Gasteiger partial charge is 0.161 e. The van der Waals surface area contributed by atoms with Crippen molar-refractivity contribution in [3.8, 4) is 0 Å². The van der Waals surface area contributed by atoms with Gasteiger partial charge < -0.3 is 5.73 Å².